The van der Waals surface area contributed by atoms with Gasteiger partial charge in [-0.05, 0) is 93.8 Å². The zero-order valence-corrected chi connectivity index (χ0v) is 36.6. The summed E-state index contributed by atoms with van der Waals surface area (Å²) in [4.78, 5) is 80.7. The first-order valence-electron chi connectivity index (χ1n) is 21.1. The highest BCUT2D eigenvalue weighted by Gasteiger charge is 2.35. The number of allylic oxidation sites excluding steroid dienone is 5. The number of hydrazine groups is 1. The number of hydrogen-bond donors (Lipinski definition) is 5. The molecule has 1 fully saturated rings. The molecule has 62 heavy (non-hydrogen) atoms. The molecule has 6 unspecified atom stereocenters. The number of Topliss-reactive ketones (excluding diaryl/α,β-unsaturated/α-hetero) is 1. The summed E-state index contributed by atoms with van der Waals surface area (Å²) in [6.07, 6.45) is 14.4. The number of nitrogens with one attached hydrogen (secondary N) is 4. The van der Waals surface area contributed by atoms with Gasteiger partial charge in [-0.1, -0.05) is 75.4 Å². The monoisotopic (exact) mass is 858 g/mol. The highest BCUT2D eigenvalue weighted by Crippen LogP contribution is 2.21. The predicted molar refractivity (Wildman–Crippen MR) is 235 cm³/mol. The van der Waals surface area contributed by atoms with E-state index in [0.717, 1.165) is 0 Å². The van der Waals surface area contributed by atoms with Gasteiger partial charge in [0.25, 0.3) is 5.91 Å². The van der Waals surface area contributed by atoms with E-state index < -0.39 is 59.9 Å². The highest BCUT2D eigenvalue weighted by atomic mass is 19.1. The lowest BCUT2D eigenvalue weighted by molar-refractivity contribution is -0.156. The number of esters is 1. The van der Waals surface area contributed by atoms with Crippen molar-refractivity contribution in [1.82, 2.24) is 26.1 Å². The molecule has 5 N–H and O–H groups in total. The highest BCUT2D eigenvalue weighted by molar-refractivity contribution is 5.98. The molecule has 2 aromatic rings. The molecule has 0 bridgehead atoms. The number of rotatable bonds is 24. The Morgan fingerprint density at radius 3 is 2.42 bits per heavy atom. The van der Waals surface area contributed by atoms with Crippen molar-refractivity contribution >= 4 is 41.6 Å². The molecule has 14 nitrogen and oxygen atoms in total. The van der Waals surface area contributed by atoms with E-state index >= 15 is 0 Å². The number of aldehydes is 1. The number of amides is 3. The molecule has 336 valence electrons. The summed E-state index contributed by atoms with van der Waals surface area (Å²) in [7, 11) is 1.66. The van der Waals surface area contributed by atoms with Gasteiger partial charge in [0.1, 0.15) is 41.9 Å². The number of hydrogen-bond acceptors (Lipinski definition) is 11. The van der Waals surface area contributed by atoms with Crippen LogP contribution in [-0.4, -0.2) is 94.8 Å². The van der Waals surface area contributed by atoms with Crippen LogP contribution in [0.25, 0.3) is 0 Å². The van der Waals surface area contributed by atoms with Gasteiger partial charge in [0.2, 0.25) is 11.8 Å². The van der Waals surface area contributed by atoms with Gasteiger partial charge >= 0.3 is 5.97 Å². The second-order valence-electron chi connectivity index (χ2n) is 16.0. The van der Waals surface area contributed by atoms with E-state index in [4.69, 9.17) is 4.74 Å². The number of aliphatic hydroxyl groups excluding tert-OH is 1. The van der Waals surface area contributed by atoms with Gasteiger partial charge in [-0.15, -0.1) is 0 Å². The largest absolute Gasteiger partial charge is 0.456 e. The number of aliphatic hydroxyl groups is 1. The fraction of sp³-hybridized carbons (Fsp3) is 0.468. The number of benzene rings is 1. The molecular formula is C47H63FN6O8. The third kappa shape index (κ3) is 17.4. The number of halogens is 1. The molecule has 15 heteroatoms. The summed E-state index contributed by atoms with van der Waals surface area (Å²) in [6.45, 7) is 9.05. The Balaban J connectivity index is 1.76. The van der Waals surface area contributed by atoms with Crippen molar-refractivity contribution in [2.24, 2.45) is 17.8 Å². The Bertz CT molecular complexity index is 1920. The second-order valence-corrected chi connectivity index (χ2v) is 16.0. The van der Waals surface area contributed by atoms with Gasteiger partial charge < -0.3 is 35.4 Å². The van der Waals surface area contributed by atoms with E-state index in [9.17, 15) is 38.3 Å². The van der Waals surface area contributed by atoms with Gasteiger partial charge in [0.05, 0.1) is 12.1 Å². The number of aromatic nitrogens is 1. The summed E-state index contributed by atoms with van der Waals surface area (Å²) < 4.78 is 20.2. The molecule has 1 aliphatic rings. The standard InChI is InChI=1S/C47H63FN6O8/c1-31(2)43(49-6)45(59)51-39(29-35-18-14-19-37(48)28-35)46(60)54-27-15-20-38(53-54)47(61)62-40(32(3)17-13-23-42(57)52-41-22-11-12-26-50-41)21-10-8-7-9-16-33(4)44(58)36(30-55)25-24-34(5)56/h7-14,17-19,22-23,26,28,30-31,33,36,38-40,43-44,49,53,58H,15-16,20-21,24-25,27,29H2,1-6H3,(H,51,59)(H,50,52,57)/b9-7+,10-8+,23-13+,32-17+/t33?,36?,38?,39?,40-,43?,44?/m0/s1. The van der Waals surface area contributed by atoms with Crippen molar-refractivity contribution in [1.29, 1.82) is 0 Å². The average Bonchev–Trinajstić information content (AvgIpc) is 3.24. The van der Waals surface area contributed by atoms with E-state index in [1.807, 2.05) is 32.9 Å². The lowest BCUT2D eigenvalue weighted by Crippen LogP contribution is -2.61. The lowest BCUT2D eigenvalue weighted by atomic mass is 9.87. The molecule has 1 aromatic heterocycles. The Labute approximate surface area is 364 Å². The number of anilines is 1. The minimum Gasteiger partial charge on any atom is -0.456 e. The summed E-state index contributed by atoms with van der Waals surface area (Å²) in [5.41, 5.74) is 4.15. The van der Waals surface area contributed by atoms with Gasteiger partial charge in [0, 0.05) is 44.0 Å². The average molecular weight is 859 g/mol. The molecule has 0 radical (unpaired) electrons. The van der Waals surface area contributed by atoms with E-state index in [2.05, 4.69) is 26.4 Å². The fourth-order valence-corrected chi connectivity index (χ4v) is 6.88. The first-order valence-corrected chi connectivity index (χ1v) is 21.1. The van der Waals surface area contributed by atoms with Gasteiger partial charge in [-0.25, -0.2) is 14.8 Å². The number of carbonyl (C=O) groups is 6. The molecule has 0 spiro atoms. The first kappa shape index (κ1) is 50.7. The SMILES string of the molecule is CNC(C(=O)NC(Cc1cccc(F)c1)C(=O)N1CCCC(C(=O)O[C@@H](C/C=C/C=C/CC(C)C(O)C(C=O)CCC(C)=O)/C(C)=C/C=C/C(=O)Nc2ccccn2)N1)C(C)C. The molecular weight excluding hydrogens is 796 g/mol. The van der Waals surface area contributed by atoms with Crippen molar-refractivity contribution in [3.63, 3.8) is 0 Å². The zero-order chi connectivity index (χ0) is 45.6. The Morgan fingerprint density at radius 2 is 1.77 bits per heavy atom. The smallest absolute Gasteiger partial charge is 0.325 e. The van der Waals surface area contributed by atoms with Crippen LogP contribution in [0.1, 0.15) is 78.7 Å². The van der Waals surface area contributed by atoms with Crippen LogP contribution in [0.5, 0.6) is 0 Å². The molecule has 2 heterocycles. The molecule has 7 atom stereocenters. The van der Waals surface area contributed by atoms with Crippen LogP contribution in [0.4, 0.5) is 10.2 Å². The van der Waals surface area contributed by atoms with E-state index in [-0.39, 0.29) is 49.3 Å². The maximum atomic E-state index is 14.2. The lowest BCUT2D eigenvalue weighted by Gasteiger charge is -2.36. The van der Waals surface area contributed by atoms with Crippen LogP contribution in [0, 0.1) is 23.6 Å². The van der Waals surface area contributed by atoms with E-state index in [1.54, 1.807) is 62.7 Å². The number of likely N-dealkylation sites (N-methyl/N-ethyl adjacent to an activating group) is 1. The van der Waals surface area contributed by atoms with Gasteiger partial charge in [-0.3, -0.25) is 24.2 Å². The van der Waals surface area contributed by atoms with Crippen LogP contribution in [0.2, 0.25) is 0 Å². The topological polar surface area (TPSA) is 196 Å². The zero-order valence-electron chi connectivity index (χ0n) is 36.6. The number of ketones is 1. The van der Waals surface area contributed by atoms with E-state index in [0.29, 0.717) is 48.9 Å². The molecule has 0 aliphatic carbocycles. The Kier molecular flexibility index (Phi) is 21.8. The Morgan fingerprint density at radius 1 is 1.03 bits per heavy atom. The van der Waals surface area contributed by atoms with Crippen molar-refractivity contribution in [2.45, 2.75) is 110 Å². The second kappa shape index (κ2) is 26.6. The number of pyridine rings is 1. The maximum absolute atomic E-state index is 14.2. The molecule has 1 aliphatic heterocycles. The van der Waals surface area contributed by atoms with Crippen molar-refractivity contribution in [3.8, 4) is 0 Å². The first-order chi connectivity index (χ1) is 29.6. The van der Waals surface area contributed by atoms with E-state index in [1.165, 1.54) is 42.3 Å². The number of ether oxygens (including phenoxy) is 1. The van der Waals surface area contributed by atoms with Crippen LogP contribution in [0.15, 0.2) is 96.8 Å². The van der Waals surface area contributed by atoms with Crippen LogP contribution >= 0.6 is 0 Å². The maximum Gasteiger partial charge on any atom is 0.325 e. The molecule has 3 rings (SSSR count). The van der Waals surface area contributed by atoms with Crippen molar-refractivity contribution < 1.29 is 43.0 Å². The Hall–Kier alpha value is -5.64. The van der Waals surface area contributed by atoms with Crippen molar-refractivity contribution in [3.05, 3.63) is 108 Å². The molecule has 3 amide bonds. The minimum atomic E-state index is -1.07. The number of nitrogens with zero attached hydrogens (tertiary/aromatic N) is 2. The summed E-state index contributed by atoms with van der Waals surface area (Å²) in [6, 6.07) is 8.40. The minimum absolute atomic E-state index is 0.0181. The molecule has 0 saturated carbocycles. The summed E-state index contributed by atoms with van der Waals surface area (Å²) in [5.74, 6) is -2.98. The predicted octanol–water partition coefficient (Wildman–Crippen LogP) is 5.11. The van der Waals surface area contributed by atoms with Gasteiger partial charge in [0.15, 0.2) is 0 Å². The van der Waals surface area contributed by atoms with Crippen LogP contribution < -0.4 is 21.4 Å². The summed E-state index contributed by atoms with van der Waals surface area (Å²) in [5, 5.41) is 20.5. The van der Waals surface area contributed by atoms with Crippen molar-refractivity contribution in [2.75, 3.05) is 18.9 Å². The summed E-state index contributed by atoms with van der Waals surface area (Å²) >= 11 is 0. The van der Waals surface area contributed by atoms with Crippen LogP contribution in [-0.2, 0) is 39.9 Å². The third-order valence-corrected chi connectivity index (χ3v) is 10.5. The van der Waals surface area contributed by atoms with Gasteiger partial charge in [-0.2, -0.15) is 0 Å². The normalized spacial score (nSPS) is 17.7. The number of carbonyl (C=O) groups excluding carboxylic acids is 6. The third-order valence-electron chi connectivity index (χ3n) is 10.5. The molecule has 1 saturated heterocycles. The molecule has 1 aromatic carbocycles. The quantitative estimate of drug-likeness (QED) is 0.0407. The fourth-order valence-electron chi connectivity index (χ4n) is 6.88. The van der Waals surface area contributed by atoms with Crippen LogP contribution in [0.3, 0.4) is 0 Å².